The molecule has 6 nitrogen and oxygen atoms in total. The van der Waals surface area contributed by atoms with Crippen molar-refractivity contribution >= 4 is 27.2 Å². The predicted octanol–water partition coefficient (Wildman–Crippen LogP) is 5.15. The highest BCUT2D eigenvalue weighted by molar-refractivity contribution is 7.17. The van der Waals surface area contributed by atoms with Crippen molar-refractivity contribution in [1.29, 1.82) is 0 Å². The van der Waals surface area contributed by atoms with Crippen LogP contribution in [0.3, 0.4) is 0 Å². The first-order chi connectivity index (χ1) is 13.1. The molecule has 0 aliphatic heterocycles. The molecular weight excluding hydrogens is 362 g/mol. The van der Waals surface area contributed by atoms with E-state index in [9.17, 15) is 10.1 Å². The van der Waals surface area contributed by atoms with E-state index in [0.717, 1.165) is 21.3 Å². The van der Waals surface area contributed by atoms with Crippen molar-refractivity contribution in [3.05, 3.63) is 81.5 Å². The van der Waals surface area contributed by atoms with E-state index in [1.54, 1.807) is 12.1 Å². The van der Waals surface area contributed by atoms with Gasteiger partial charge in [-0.1, -0.05) is 42.0 Å². The monoisotopic (exact) mass is 377 g/mol. The SMILES string of the molecule is Cc1ccc(-c2csc3ncnc(OCc4cccc([N+](=O)[O-])c4)c23)cc1. The number of rotatable bonds is 5. The van der Waals surface area contributed by atoms with Crippen molar-refractivity contribution in [2.24, 2.45) is 0 Å². The van der Waals surface area contributed by atoms with Gasteiger partial charge in [0.25, 0.3) is 5.69 Å². The van der Waals surface area contributed by atoms with Gasteiger partial charge < -0.3 is 4.74 Å². The van der Waals surface area contributed by atoms with Gasteiger partial charge in [-0.25, -0.2) is 9.97 Å². The van der Waals surface area contributed by atoms with Gasteiger partial charge in [0.05, 0.1) is 10.3 Å². The summed E-state index contributed by atoms with van der Waals surface area (Å²) in [4.78, 5) is 20.0. The maximum absolute atomic E-state index is 10.9. The first-order valence-corrected chi connectivity index (χ1v) is 9.15. The molecule has 4 aromatic rings. The predicted molar refractivity (Wildman–Crippen MR) is 105 cm³/mol. The van der Waals surface area contributed by atoms with Crippen molar-refractivity contribution in [2.45, 2.75) is 13.5 Å². The zero-order valence-corrected chi connectivity index (χ0v) is 15.3. The minimum absolute atomic E-state index is 0.0415. The molecule has 134 valence electrons. The number of hydrogen-bond acceptors (Lipinski definition) is 6. The molecule has 7 heteroatoms. The first kappa shape index (κ1) is 17.1. The Labute approximate surface area is 159 Å². The Morgan fingerprint density at radius 1 is 1.15 bits per heavy atom. The van der Waals surface area contributed by atoms with Crippen LogP contribution in [0.1, 0.15) is 11.1 Å². The molecule has 2 heterocycles. The maximum Gasteiger partial charge on any atom is 0.269 e. The number of fused-ring (bicyclic) bond motifs is 1. The Morgan fingerprint density at radius 2 is 1.96 bits per heavy atom. The Balaban J connectivity index is 1.68. The van der Waals surface area contributed by atoms with E-state index in [4.69, 9.17) is 4.74 Å². The molecule has 0 saturated heterocycles. The Hall–Kier alpha value is -3.32. The van der Waals surface area contributed by atoms with Crippen LogP contribution in [0.25, 0.3) is 21.3 Å². The summed E-state index contributed by atoms with van der Waals surface area (Å²) >= 11 is 1.53. The molecule has 4 rings (SSSR count). The fourth-order valence-electron chi connectivity index (χ4n) is 2.81. The second-order valence-electron chi connectivity index (χ2n) is 6.09. The standard InChI is InChI=1S/C20H15N3O3S/c1-13-5-7-15(8-6-13)17-11-27-20-18(17)19(21-12-22-20)26-10-14-3-2-4-16(9-14)23(24)25/h2-9,11-12H,10H2,1H3. The van der Waals surface area contributed by atoms with Gasteiger partial charge in [0.2, 0.25) is 5.88 Å². The van der Waals surface area contributed by atoms with Gasteiger partial charge in [-0.3, -0.25) is 10.1 Å². The van der Waals surface area contributed by atoms with Gasteiger partial charge in [-0.15, -0.1) is 11.3 Å². The lowest BCUT2D eigenvalue weighted by Gasteiger charge is -2.08. The molecular formula is C20H15N3O3S. The van der Waals surface area contributed by atoms with Crippen LogP contribution >= 0.6 is 11.3 Å². The Morgan fingerprint density at radius 3 is 2.74 bits per heavy atom. The third-order valence-electron chi connectivity index (χ3n) is 4.19. The van der Waals surface area contributed by atoms with Gasteiger partial charge in [0, 0.05) is 23.1 Å². The number of nitrogens with zero attached hydrogens (tertiary/aromatic N) is 3. The van der Waals surface area contributed by atoms with E-state index < -0.39 is 4.92 Å². The van der Waals surface area contributed by atoms with E-state index in [2.05, 4.69) is 34.2 Å². The molecule has 27 heavy (non-hydrogen) atoms. The average molecular weight is 377 g/mol. The zero-order valence-electron chi connectivity index (χ0n) is 14.5. The number of benzene rings is 2. The molecule has 2 aromatic heterocycles. The van der Waals surface area contributed by atoms with Gasteiger partial charge >= 0.3 is 0 Å². The normalized spacial score (nSPS) is 10.9. The third-order valence-corrected chi connectivity index (χ3v) is 5.08. The molecule has 0 aliphatic carbocycles. The highest BCUT2D eigenvalue weighted by atomic mass is 32.1. The van der Waals surface area contributed by atoms with Crippen molar-refractivity contribution in [3.8, 4) is 17.0 Å². The molecule has 2 aromatic carbocycles. The number of nitro groups is 1. The topological polar surface area (TPSA) is 78.2 Å². The fraction of sp³-hybridized carbons (Fsp3) is 0.100. The Bertz CT molecular complexity index is 1120. The van der Waals surface area contributed by atoms with Crippen molar-refractivity contribution in [2.75, 3.05) is 0 Å². The number of nitro benzene ring substituents is 1. The van der Waals surface area contributed by atoms with Crippen LogP contribution in [0.4, 0.5) is 5.69 Å². The number of aromatic nitrogens is 2. The summed E-state index contributed by atoms with van der Waals surface area (Å²) < 4.78 is 5.92. The molecule has 0 spiro atoms. The molecule has 0 unspecified atom stereocenters. The summed E-state index contributed by atoms with van der Waals surface area (Å²) in [6, 6.07) is 14.7. The lowest BCUT2D eigenvalue weighted by molar-refractivity contribution is -0.384. The second-order valence-corrected chi connectivity index (χ2v) is 6.95. The third kappa shape index (κ3) is 3.50. The van der Waals surface area contributed by atoms with Crippen LogP contribution in [0, 0.1) is 17.0 Å². The zero-order chi connectivity index (χ0) is 18.8. The smallest absolute Gasteiger partial charge is 0.269 e. The van der Waals surface area contributed by atoms with E-state index in [1.807, 2.05) is 12.3 Å². The van der Waals surface area contributed by atoms with Crippen molar-refractivity contribution in [1.82, 2.24) is 9.97 Å². The average Bonchev–Trinajstić information content (AvgIpc) is 3.12. The van der Waals surface area contributed by atoms with Crippen LogP contribution < -0.4 is 4.74 Å². The molecule has 0 bridgehead atoms. The number of aryl methyl sites for hydroxylation is 1. The number of thiophene rings is 1. The van der Waals surface area contributed by atoms with Gasteiger partial charge in [0.1, 0.15) is 17.8 Å². The largest absolute Gasteiger partial charge is 0.472 e. The van der Waals surface area contributed by atoms with Gasteiger partial charge in [-0.2, -0.15) is 0 Å². The summed E-state index contributed by atoms with van der Waals surface area (Å²) in [6.45, 7) is 2.24. The fourth-order valence-corrected chi connectivity index (χ4v) is 3.72. The van der Waals surface area contributed by atoms with Crippen LogP contribution in [-0.4, -0.2) is 14.9 Å². The molecule has 0 fully saturated rings. The summed E-state index contributed by atoms with van der Waals surface area (Å²) in [5.74, 6) is 0.475. The first-order valence-electron chi connectivity index (χ1n) is 8.27. The highest BCUT2D eigenvalue weighted by Crippen LogP contribution is 2.37. The van der Waals surface area contributed by atoms with Crippen LogP contribution in [-0.2, 0) is 6.61 Å². The molecule has 0 N–H and O–H groups in total. The summed E-state index contributed by atoms with van der Waals surface area (Å²) in [5, 5.41) is 13.8. The molecule has 0 amide bonds. The second kappa shape index (κ2) is 7.13. The number of non-ortho nitro benzene ring substituents is 1. The van der Waals surface area contributed by atoms with Gasteiger partial charge in [-0.05, 0) is 18.1 Å². The van der Waals surface area contributed by atoms with E-state index >= 15 is 0 Å². The van der Waals surface area contributed by atoms with Crippen molar-refractivity contribution in [3.63, 3.8) is 0 Å². The summed E-state index contributed by atoms with van der Waals surface area (Å²) in [7, 11) is 0. The van der Waals surface area contributed by atoms with E-state index in [-0.39, 0.29) is 12.3 Å². The number of hydrogen-bond donors (Lipinski definition) is 0. The lowest BCUT2D eigenvalue weighted by atomic mass is 10.0. The maximum atomic E-state index is 10.9. The lowest BCUT2D eigenvalue weighted by Crippen LogP contribution is -1.99. The van der Waals surface area contributed by atoms with E-state index in [1.165, 1.54) is 35.4 Å². The highest BCUT2D eigenvalue weighted by Gasteiger charge is 2.15. The van der Waals surface area contributed by atoms with Gasteiger partial charge in [0.15, 0.2) is 0 Å². The molecule has 0 radical (unpaired) electrons. The minimum atomic E-state index is -0.416. The summed E-state index contributed by atoms with van der Waals surface area (Å²) in [6.07, 6.45) is 1.47. The molecule has 0 saturated carbocycles. The molecule has 0 atom stereocenters. The van der Waals surface area contributed by atoms with Crippen LogP contribution in [0.5, 0.6) is 5.88 Å². The summed E-state index contributed by atoms with van der Waals surface area (Å²) in [5.41, 5.74) is 4.03. The quantitative estimate of drug-likeness (QED) is 0.355. The van der Waals surface area contributed by atoms with Crippen LogP contribution in [0.15, 0.2) is 60.2 Å². The van der Waals surface area contributed by atoms with E-state index in [0.29, 0.717) is 11.4 Å². The molecule has 0 aliphatic rings. The minimum Gasteiger partial charge on any atom is -0.472 e. The van der Waals surface area contributed by atoms with Crippen molar-refractivity contribution < 1.29 is 9.66 Å². The Kier molecular flexibility index (Phi) is 4.52. The number of ether oxygens (including phenoxy) is 1. The van der Waals surface area contributed by atoms with Crippen LogP contribution in [0.2, 0.25) is 0 Å².